The normalized spacial score (nSPS) is 10.6. The monoisotopic (exact) mass is 318 g/mol. The first-order valence-electron chi connectivity index (χ1n) is 7.47. The van der Waals surface area contributed by atoms with E-state index >= 15 is 0 Å². The number of hydrogen-bond donors (Lipinski definition) is 1. The van der Waals surface area contributed by atoms with Crippen LogP contribution in [0.25, 0.3) is 10.9 Å². The number of aromatic nitrogens is 1. The predicted molar refractivity (Wildman–Crippen MR) is 88.3 cm³/mol. The third kappa shape index (κ3) is 3.64. The van der Waals surface area contributed by atoms with E-state index in [2.05, 4.69) is 5.32 Å². The number of ketones is 1. The van der Waals surface area contributed by atoms with Crippen molar-refractivity contribution in [2.75, 3.05) is 20.8 Å². The molecule has 2 aromatic rings. The Labute approximate surface area is 135 Å². The van der Waals surface area contributed by atoms with Gasteiger partial charge in [-0.3, -0.25) is 4.79 Å². The van der Waals surface area contributed by atoms with Gasteiger partial charge in [0.15, 0.2) is 11.5 Å². The number of nitrogens with zero attached hydrogens (tertiary/aromatic N) is 1. The van der Waals surface area contributed by atoms with Crippen molar-refractivity contribution in [2.45, 2.75) is 19.8 Å². The fraction of sp³-hybridized carbons (Fsp3) is 0.412. The van der Waals surface area contributed by atoms with Gasteiger partial charge in [0.05, 0.1) is 19.7 Å². The Kier molecular flexibility index (Phi) is 5.26. The maximum absolute atomic E-state index is 12.3. The Morgan fingerprint density at radius 1 is 1.13 bits per heavy atom. The fourth-order valence-corrected chi connectivity index (χ4v) is 2.51. The highest BCUT2D eigenvalue weighted by Crippen LogP contribution is 2.33. The number of hydrogen-bond acceptors (Lipinski definition) is 4. The summed E-state index contributed by atoms with van der Waals surface area (Å²) in [4.78, 5) is 23.2. The lowest BCUT2D eigenvalue weighted by Crippen LogP contribution is -2.26. The average Bonchev–Trinajstić information content (AvgIpc) is 2.86. The van der Waals surface area contributed by atoms with Crippen LogP contribution in [-0.2, 0) is 11.8 Å². The molecule has 23 heavy (non-hydrogen) atoms. The van der Waals surface area contributed by atoms with E-state index in [0.29, 0.717) is 36.6 Å². The lowest BCUT2D eigenvalue weighted by atomic mass is 10.2. The van der Waals surface area contributed by atoms with Crippen LogP contribution in [0.1, 0.15) is 30.3 Å². The van der Waals surface area contributed by atoms with Crippen molar-refractivity contribution >= 4 is 22.6 Å². The molecule has 0 fully saturated rings. The number of rotatable bonds is 7. The molecule has 2 rings (SSSR count). The van der Waals surface area contributed by atoms with Crippen LogP contribution < -0.4 is 14.8 Å². The first-order chi connectivity index (χ1) is 11.0. The molecular weight excluding hydrogens is 296 g/mol. The molecule has 1 aromatic carbocycles. The van der Waals surface area contributed by atoms with Crippen molar-refractivity contribution in [3.05, 3.63) is 23.9 Å². The number of aryl methyl sites for hydroxylation is 1. The van der Waals surface area contributed by atoms with Gasteiger partial charge in [-0.15, -0.1) is 0 Å². The van der Waals surface area contributed by atoms with Gasteiger partial charge >= 0.3 is 0 Å². The van der Waals surface area contributed by atoms with Crippen LogP contribution in [0.4, 0.5) is 0 Å². The minimum absolute atomic E-state index is 0.128. The van der Waals surface area contributed by atoms with Crippen LogP contribution in [-0.4, -0.2) is 37.0 Å². The van der Waals surface area contributed by atoms with Crippen LogP contribution in [0, 0.1) is 0 Å². The maximum atomic E-state index is 12.3. The quantitative estimate of drug-likeness (QED) is 0.795. The number of Topliss-reactive ketones (excluding diaryl/α,β-unsaturated/α-hetero) is 1. The van der Waals surface area contributed by atoms with Gasteiger partial charge in [-0.1, -0.05) is 0 Å². The zero-order valence-corrected chi connectivity index (χ0v) is 13.9. The lowest BCUT2D eigenvalue weighted by Gasteiger charge is -2.09. The van der Waals surface area contributed by atoms with E-state index in [1.807, 2.05) is 29.8 Å². The van der Waals surface area contributed by atoms with E-state index in [0.717, 1.165) is 10.9 Å². The summed E-state index contributed by atoms with van der Waals surface area (Å²) in [7, 11) is 4.99. The summed E-state index contributed by atoms with van der Waals surface area (Å²) in [5, 5.41) is 3.74. The van der Waals surface area contributed by atoms with Crippen LogP contribution >= 0.6 is 0 Å². The molecule has 0 atom stereocenters. The molecule has 124 valence electrons. The van der Waals surface area contributed by atoms with E-state index < -0.39 is 0 Å². The van der Waals surface area contributed by atoms with Crippen molar-refractivity contribution in [2.24, 2.45) is 7.05 Å². The molecule has 1 amide bonds. The number of carbonyl (C=O) groups is 2. The Hall–Kier alpha value is -2.50. The first-order valence-corrected chi connectivity index (χ1v) is 7.47. The van der Waals surface area contributed by atoms with Gasteiger partial charge in [0, 0.05) is 31.5 Å². The van der Waals surface area contributed by atoms with Crippen molar-refractivity contribution in [3.63, 3.8) is 0 Å². The Bertz CT molecular complexity index is 734. The molecule has 0 unspecified atom stereocenters. The molecule has 6 heteroatoms. The molecule has 0 saturated carbocycles. The molecule has 0 aliphatic carbocycles. The molecule has 0 bridgehead atoms. The number of fused-ring (bicyclic) bond motifs is 1. The third-order valence-electron chi connectivity index (χ3n) is 3.77. The number of amides is 1. The topological polar surface area (TPSA) is 69.6 Å². The van der Waals surface area contributed by atoms with Gasteiger partial charge in [0.1, 0.15) is 11.5 Å². The molecule has 1 heterocycles. The lowest BCUT2D eigenvalue weighted by molar-refractivity contribution is -0.117. The highest BCUT2D eigenvalue weighted by atomic mass is 16.5. The molecule has 1 N–H and O–H groups in total. The molecule has 1 aromatic heterocycles. The largest absolute Gasteiger partial charge is 0.493 e. The summed E-state index contributed by atoms with van der Waals surface area (Å²) in [5.41, 5.74) is 1.44. The van der Waals surface area contributed by atoms with Crippen LogP contribution in [0.2, 0.25) is 0 Å². The molecule has 0 aliphatic rings. The van der Waals surface area contributed by atoms with Gasteiger partial charge < -0.3 is 24.2 Å². The highest BCUT2D eigenvalue weighted by Gasteiger charge is 2.15. The average molecular weight is 318 g/mol. The SMILES string of the molecule is COc1cc2cc(C(=O)NCCCC(C)=O)n(C)c2cc1OC. The Morgan fingerprint density at radius 3 is 2.39 bits per heavy atom. The summed E-state index contributed by atoms with van der Waals surface area (Å²) >= 11 is 0. The van der Waals surface area contributed by atoms with Crippen LogP contribution in [0.3, 0.4) is 0 Å². The maximum Gasteiger partial charge on any atom is 0.267 e. The van der Waals surface area contributed by atoms with E-state index in [-0.39, 0.29) is 11.7 Å². The highest BCUT2D eigenvalue weighted by molar-refractivity contribution is 5.99. The molecule has 6 nitrogen and oxygen atoms in total. The van der Waals surface area contributed by atoms with Gasteiger partial charge in [-0.2, -0.15) is 0 Å². The van der Waals surface area contributed by atoms with E-state index in [1.54, 1.807) is 21.1 Å². The summed E-state index contributed by atoms with van der Waals surface area (Å²) in [6, 6.07) is 5.51. The number of nitrogens with one attached hydrogen (secondary N) is 1. The first kappa shape index (κ1) is 16.9. The minimum atomic E-state index is -0.162. The Morgan fingerprint density at radius 2 is 1.78 bits per heavy atom. The summed E-state index contributed by atoms with van der Waals surface area (Å²) < 4.78 is 12.4. The third-order valence-corrected chi connectivity index (χ3v) is 3.77. The van der Waals surface area contributed by atoms with E-state index in [9.17, 15) is 9.59 Å². The smallest absolute Gasteiger partial charge is 0.267 e. The van der Waals surface area contributed by atoms with Crippen molar-refractivity contribution in [1.29, 1.82) is 0 Å². The Balaban J connectivity index is 2.22. The van der Waals surface area contributed by atoms with Crippen LogP contribution in [0.5, 0.6) is 11.5 Å². The van der Waals surface area contributed by atoms with Crippen molar-refractivity contribution in [3.8, 4) is 11.5 Å². The second kappa shape index (κ2) is 7.17. The summed E-state index contributed by atoms with van der Waals surface area (Å²) in [6.07, 6.45) is 1.12. The van der Waals surface area contributed by atoms with Crippen LogP contribution in [0.15, 0.2) is 18.2 Å². The molecular formula is C17H22N2O4. The number of benzene rings is 1. The van der Waals surface area contributed by atoms with Gasteiger partial charge in [-0.25, -0.2) is 0 Å². The number of carbonyl (C=O) groups excluding carboxylic acids is 2. The molecule has 0 aliphatic heterocycles. The molecule has 0 saturated heterocycles. The number of ether oxygens (including phenoxy) is 2. The second-order valence-electron chi connectivity index (χ2n) is 5.42. The zero-order valence-electron chi connectivity index (χ0n) is 13.9. The molecule has 0 spiro atoms. The van der Waals surface area contributed by atoms with Crippen molar-refractivity contribution < 1.29 is 19.1 Å². The predicted octanol–water partition coefficient (Wildman–Crippen LogP) is 2.29. The summed E-state index contributed by atoms with van der Waals surface area (Å²) in [6.45, 7) is 2.03. The van der Waals surface area contributed by atoms with E-state index in [4.69, 9.17) is 9.47 Å². The van der Waals surface area contributed by atoms with Gasteiger partial charge in [-0.05, 0) is 25.5 Å². The molecule has 0 radical (unpaired) electrons. The minimum Gasteiger partial charge on any atom is -0.493 e. The summed E-state index contributed by atoms with van der Waals surface area (Å²) in [5.74, 6) is 1.21. The number of methoxy groups -OCH3 is 2. The van der Waals surface area contributed by atoms with Gasteiger partial charge in [0.2, 0.25) is 0 Å². The fourth-order valence-electron chi connectivity index (χ4n) is 2.51. The van der Waals surface area contributed by atoms with Gasteiger partial charge in [0.25, 0.3) is 5.91 Å². The zero-order chi connectivity index (χ0) is 17.0. The second-order valence-corrected chi connectivity index (χ2v) is 5.42. The van der Waals surface area contributed by atoms with E-state index in [1.165, 1.54) is 0 Å². The van der Waals surface area contributed by atoms with Crippen molar-refractivity contribution in [1.82, 2.24) is 9.88 Å². The standard InChI is InChI=1S/C17H22N2O4/c1-11(20)6-5-7-18-17(21)14-8-12-9-15(22-3)16(23-4)10-13(12)19(14)2/h8-10H,5-7H2,1-4H3,(H,18,21).